The summed E-state index contributed by atoms with van der Waals surface area (Å²) in [5, 5.41) is 2.83. The Hall–Kier alpha value is -1.46. The number of hydrogen-bond donors (Lipinski definition) is 2. The number of rotatable bonds is 4. The number of halogens is 2. The molecule has 0 aliphatic heterocycles. The first-order valence-corrected chi connectivity index (χ1v) is 6.66. The van der Waals surface area contributed by atoms with E-state index in [4.69, 9.17) is 28.9 Å². The first-order valence-electron chi connectivity index (χ1n) is 5.91. The van der Waals surface area contributed by atoms with Crippen LogP contribution in [0, 0.1) is 5.92 Å². The van der Waals surface area contributed by atoms with Gasteiger partial charge in [0.25, 0.3) is 5.91 Å². The molecule has 7 heteroatoms. The Morgan fingerprint density at radius 1 is 1.30 bits per heavy atom. The highest BCUT2D eigenvalue weighted by atomic mass is 35.5. The summed E-state index contributed by atoms with van der Waals surface area (Å²) in [7, 11) is 1.26. The predicted molar refractivity (Wildman–Crippen MR) is 79.0 cm³/mol. The number of anilines is 1. The molecule has 20 heavy (non-hydrogen) atoms. The zero-order valence-electron chi connectivity index (χ0n) is 11.4. The van der Waals surface area contributed by atoms with Gasteiger partial charge >= 0.3 is 5.97 Å². The maximum absolute atomic E-state index is 12.2. The number of carbonyl (C=O) groups excluding carboxylic acids is 2. The summed E-state index contributed by atoms with van der Waals surface area (Å²) in [4.78, 5) is 23.8. The van der Waals surface area contributed by atoms with Crippen LogP contribution in [-0.2, 0) is 9.53 Å². The summed E-state index contributed by atoms with van der Waals surface area (Å²) in [6.45, 7) is 3.58. The van der Waals surface area contributed by atoms with E-state index in [-0.39, 0.29) is 21.5 Å². The third kappa shape index (κ3) is 3.77. The fourth-order valence-corrected chi connectivity index (χ4v) is 2.04. The van der Waals surface area contributed by atoms with Crippen molar-refractivity contribution in [1.82, 2.24) is 5.32 Å². The molecule has 1 atom stereocenters. The summed E-state index contributed by atoms with van der Waals surface area (Å²) in [5.74, 6) is -1.20. The molecule has 0 fully saturated rings. The third-order valence-corrected chi connectivity index (χ3v) is 3.51. The molecule has 0 saturated carbocycles. The van der Waals surface area contributed by atoms with Gasteiger partial charge in [-0.3, -0.25) is 4.79 Å². The number of hydrogen-bond acceptors (Lipinski definition) is 4. The van der Waals surface area contributed by atoms with Crippen LogP contribution in [0.3, 0.4) is 0 Å². The van der Waals surface area contributed by atoms with E-state index in [0.717, 1.165) is 0 Å². The molecule has 0 saturated heterocycles. The van der Waals surface area contributed by atoms with Crippen molar-refractivity contribution in [2.24, 2.45) is 5.92 Å². The zero-order valence-corrected chi connectivity index (χ0v) is 12.9. The number of nitrogens with one attached hydrogen (secondary N) is 1. The molecular formula is C13H16Cl2N2O3. The van der Waals surface area contributed by atoms with Crippen LogP contribution in [0.2, 0.25) is 10.0 Å². The number of esters is 1. The van der Waals surface area contributed by atoms with E-state index >= 15 is 0 Å². The zero-order chi connectivity index (χ0) is 15.4. The Morgan fingerprint density at radius 2 is 1.90 bits per heavy atom. The molecule has 1 aromatic carbocycles. The van der Waals surface area contributed by atoms with Crippen molar-refractivity contribution in [2.75, 3.05) is 12.8 Å². The first-order chi connectivity index (χ1) is 9.27. The van der Waals surface area contributed by atoms with Crippen LogP contribution >= 0.6 is 23.2 Å². The number of nitrogen functional groups attached to an aromatic ring is 1. The quantitative estimate of drug-likeness (QED) is 0.660. The Bertz CT molecular complexity index is 533. The predicted octanol–water partition coefficient (Wildman–Crippen LogP) is 2.50. The first kappa shape index (κ1) is 16.6. The second-order valence-electron chi connectivity index (χ2n) is 4.58. The molecule has 5 nitrogen and oxygen atoms in total. The molecule has 0 bridgehead atoms. The number of benzene rings is 1. The number of ether oxygens (including phenoxy) is 1. The summed E-state index contributed by atoms with van der Waals surface area (Å²) in [6.07, 6.45) is 0. The van der Waals surface area contributed by atoms with E-state index < -0.39 is 17.9 Å². The molecule has 110 valence electrons. The fraction of sp³-hybridized carbons (Fsp3) is 0.385. The number of methoxy groups -OCH3 is 1. The standard InChI is InChI=1S/C13H16Cl2N2O3/c1-6(2)11(13(19)20-3)17-12(18)8-4-7(16)5-9(14)10(8)15/h4-6,11H,16H2,1-3H3,(H,17,18). The number of amides is 1. The fourth-order valence-electron chi connectivity index (χ4n) is 1.62. The molecule has 1 aromatic rings. The lowest BCUT2D eigenvalue weighted by atomic mass is 10.0. The van der Waals surface area contributed by atoms with Gasteiger partial charge in [0, 0.05) is 5.69 Å². The highest BCUT2D eigenvalue weighted by Crippen LogP contribution is 2.28. The molecule has 0 radical (unpaired) electrons. The van der Waals surface area contributed by atoms with Crippen LogP contribution in [-0.4, -0.2) is 25.0 Å². The lowest BCUT2D eigenvalue weighted by molar-refractivity contribution is -0.144. The van der Waals surface area contributed by atoms with Crippen molar-refractivity contribution in [3.05, 3.63) is 27.7 Å². The molecule has 0 aliphatic rings. The van der Waals surface area contributed by atoms with Gasteiger partial charge in [0.1, 0.15) is 6.04 Å². The van der Waals surface area contributed by atoms with Gasteiger partial charge in [-0.15, -0.1) is 0 Å². The topological polar surface area (TPSA) is 81.4 Å². The lowest BCUT2D eigenvalue weighted by Crippen LogP contribution is -2.45. The minimum Gasteiger partial charge on any atom is -0.467 e. The maximum atomic E-state index is 12.2. The average molecular weight is 319 g/mol. The second kappa shape index (κ2) is 6.81. The molecule has 1 rings (SSSR count). The number of carbonyl (C=O) groups is 2. The van der Waals surface area contributed by atoms with E-state index in [9.17, 15) is 9.59 Å². The highest BCUT2D eigenvalue weighted by molar-refractivity contribution is 6.44. The molecule has 3 N–H and O–H groups in total. The van der Waals surface area contributed by atoms with Gasteiger partial charge in [0.2, 0.25) is 0 Å². The summed E-state index contributed by atoms with van der Waals surface area (Å²) in [5.41, 5.74) is 6.05. The van der Waals surface area contributed by atoms with Crippen LogP contribution in [0.1, 0.15) is 24.2 Å². The minimum absolute atomic E-state index is 0.0886. The van der Waals surface area contributed by atoms with E-state index in [1.807, 2.05) is 0 Å². The van der Waals surface area contributed by atoms with Gasteiger partial charge < -0.3 is 15.8 Å². The molecule has 0 heterocycles. The normalized spacial score (nSPS) is 12.1. The van der Waals surface area contributed by atoms with Gasteiger partial charge in [-0.1, -0.05) is 37.0 Å². The number of nitrogens with two attached hydrogens (primary N) is 1. The molecular weight excluding hydrogens is 303 g/mol. The van der Waals surface area contributed by atoms with Crippen molar-refractivity contribution in [3.8, 4) is 0 Å². The van der Waals surface area contributed by atoms with Crippen molar-refractivity contribution in [3.63, 3.8) is 0 Å². The van der Waals surface area contributed by atoms with E-state index in [2.05, 4.69) is 10.1 Å². The molecule has 0 aromatic heterocycles. The average Bonchev–Trinajstić information content (AvgIpc) is 2.38. The van der Waals surface area contributed by atoms with E-state index in [1.54, 1.807) is 13.8 Å². The monoisotopic (exact) mass is 318 g/mol. The van der Waals surface area contributed by atoms with Gasteiger partial charge in [-0.05, 0) is 18.1 Å². The Labute approximate surface area is 127 Å². The van der Waals surface area contributed by atoms with Crippen molar-refractivity contribution in [1.29, 1.82) is 0 Å². The van der Waals surface area contributed by atoms with Crippen LogP contribution in [0.4, 0.5) is 5.69 Å². The lowest BCUT2D eigenvalue weighted by Gasteiger charge is -2.20. The molecule has 0 spiro atoms. The molecule has 1 unspecified atom stereocenters. The summed E-state index contributed by atoms with van der Waals surface area (Å²) >= 11 is 11.8. The van der Waals surface area contributed by atoms with E-state index in [1.165, 1.54) is 19.2 Å². The Balaban J connectivity index is 3.04. The minimum atomic E-state index is -0.774. The highest BCUT2D eigenvalue weighted by Gasteiger charge is 2.26. The van der Waals surface area contributed by atoms with Gasteiger partial charge in [-0.2, -0.15) is 0 Å². The third-order valence-electron chi connectivity index (χ3n) is 2.70. The van der Waals surface area contributed by atoms with Gasteiger partial charge in [-0.25, -0.2) is 4.79 Å². The van der Waals surface area contributed by atoms with Crippen molar-refractivity contribution >= 4 is 40.8 Å². The van der Waals surface area contributed by atoms with Crippen molar-refractivity contribution in [2.45, 2.75) is 19.9 Å². The maximum Gasteiger partial charge on any atom is 0.328 e. The SMILES string of the molecule is COC(=O)C(NC(=O)c1cc(N)cc(Cl)c1Cl)C(C)C. The van der Waals surface area contributed by atoms with Crippen LogP contribution in [0.25, 0.3) is 0 Å². The molecule has 0 aliphatic carbocycles. The van der Waals surface area contributed by atoms with Crippen LogP contribution < -0.4 is 11.1 Å². The summed E-state index contributed by atoms with van der Waals surface area (Å²) < 4.78 is 4.65. The van der Waals surface area contributed by atoms with Crippen LogP contribution in [0.15, 0.2) is 12.1 Å². The smallest absolute Gasteiger partial charge is 0.328 e. The molecule has 1 amide bonds. The Kier molecular flexibility index (Phi) is 5.65. The van der Waals surface area contributed by atoms with Crippen molar-refractivity contribution < 1.29 is 14.3 Å². The summed E-state index contributed by atoms with van der Waals surface area (Å²) in [6, 6.07) is 2.07. The largest absolute Gasteiger partial charge is 0.467 e. The van der Waals surface area contributed by atoms with Gasteiger partial charge in [0.05, 0.1) is 22.7 Å². The Morgan fingerprint density at radius 3 is 2.40 bits per heavy atom. The second-order valence-corrected chi connectivity index (χ2v) is 5.37. The van der Waals surface area contributed by atoms with E-state index in [0.29, 0.717) is 5.69 Å². The van der Waals surface area contributed by atoms with Crippen LogP contribution in [0.5, 0.6) is 0 Å². The van der Waals surface area contributed by atoms with Gasteiger partial charge in [0.15, 0.2) is 0 Å².